The van der Waals surface area contributed by atoms with Crippen molar-refractivity contribution in [2.75, 3.05) is 6.61 Å². The molecule has 1 aromatic rings. The summed E-state index contributed by atoms with van der Waals surface area (Å²) in [6, 6.07) is 6.68. The lowest BCUT2D eigenvalue weighted by Gasteiger charge is -2.17. The zero-order valence-corrected chi connectivity index (χ0v) is 14.5. The molecule has 0 aliphatic heterocycles. The van der Waals surface area contributed by atoms with Crippen molar-refractivity contribution in [1.29, 1.82) is 0 Å². The average molecular weight is 320 g/mol. The van der Waals surface area contributed by atoms with Gasteiger partial charge in [-0.1, -0.05) is 52.2 Å². The molecule has 0 saturated heterocycles. The highest BCUT2D eigenvalue weighted by Gasteiger charge is 2.21. The van der Waals surface area contributed by atoms with Crippen LogP contribution in [-0.4, -0.2) is 24.6 Å². The van der Waals surface area contributed by atoms with E-state index in [1.54, 1.807) is 24.3 Å². The van der Waals surface area contributed by atoms with Crippen LogP contribution in [0.25, 0.3) is 0 Å². The Morgan fingerprint density at radius 3 is 2.13 bits per heavy atom. The number of hydrogen-bond donors (Lipinski definition) is 0. The summed E-state index contributed by atoms with van der Waals surface area (Å²) in [5.74, 6) is -0.913. The number of unbranched alkanes of at least 4 members (excludes halogenated alkanes) is 2. The molecule has 128 valence electrons. The van der Waals surface area contributed by atoms with Gasteiger partial charge in [0.25, 0.3) is 0 Å². The van der Waals surface area contributed by atoms with Gasteiger partial charge in [-0.2, -0.15) is 0 Å². The summed E-state index contributed by atoms with van der Waals surface area (Å²) in [6.07, 6.45) is 5.36. The molecule has 4 nitrogen and oxygen atoms in total. The van der Waals surface area contributed by atoms with Gasteiger partial charge in [0.1, 0.15) is 6.10 Å². The van der Waals surface area contributed by atoms with Crippen molar-refractivity contribution in [3.05, 3.63) is 35.4 Å². The average Bonchev–Trinajstić information content (AvgIpc) is 2.58. The molecular weight excluding hydrogens is 292 g/mol. The number of hydrogen-bond acceptors (Lipinski definition) is 4. The molecule has 1 rings (SSSR count). The van der Waals surface area contributed by atoms with Crippen LogP contribution in [0.4, 0.5) is 0 Å². The third kappa shape index (κ3) is 6.43. The zero-order valence-electron chi connectivity index (χ0n) is 14.5. The van der Waals surface area contributed by atoms with E-state index in [0.29, 0.717) is 6.61 Å². The molecule has 0 saturated carbocycles. The summed E-state index contributed by atoms with van der Waals surface area (Å²) in [7, 11) is 0. The molecule has 1 aromatic carbocycles. The van der Waals surface area contributed by atoms with Crippen LogP contribution < -0.4 is 0 Å². The molecule has 0 bridgehead atoms. The number of esters is 2. The van der Waals surface area contributed by atoms with E-state index in [1.165, 1.54) is 0 Å². The van der Waals surface area contributed by atoms with Gasteiger partial charge in [0.05, 0.1) is 17.7 Å². The molecule has 0 amide bonds. The topological polar surface area (TPSA) is 52.6 Å². The number of ether oxygens (including phenoxy) is 2. The molecule has 0 aromatic heterocycles. The van der Waals surface area contributed by atoms with Crippen LogP contribution in [0.5, 0.6) is 0 Å². The van der Waals surface area contributed by atoms with Crippen LogP contribution >= 0.6 is 0 Å². The summed E-state index contributed by atoms with van der Waals surface area (Å²) in [4.78, 5) is 24.5. The molecule has 0 spiro atoms. The van der Waals surface area contributed by atoms with Crippen molar-refractivity contribution in [3.63, 3.8) is 0 Å². The van der Waals surface area contributed by atoms with Crippen molar-refractivity contribution in [1.82, 2.24) is 0 Å². The summed E-state index contributed by atoms with van der Waals surface area (Å²) >= 11 is 0. The lowest BCUT2D eigenvalue weighted by atomic mass is 10.1. The van der Waals surface area contributed by atoms with Crippen molar-refractivity contribution in [2.45, 2.75) is 65.4 Å². The first-order valence-corrected chi connectivity index (χ1v) is 8.61. The molecule has 0 fully saturated rings. The quantitative estimate of drug-likeness (QED) is 0.460. The fourth-order valence-corrected chi connectivity index (χ4v) is 2.22. The van der Waals surface area contributed by atoms with Crippen LogP contribution in [0.1, 0.15) is 80.0 Å². The molecule has 23 heavy (non-hydrogen) atoms. The zero-order chi connectivity index (χ0) is 17.1. The van der Waals surface area contributed by atoms with Crippen LogP contribution in [-0.2, 0) is 9.47 Å². The molecule has 0 radical (unpaired) electrons. The molecule has 0 aliphatic rings. The lowest BCUT2D eigenvalue weighted by molar-refractivity contribution is 0.0258. The molecule has 1 atom stereocenters. The minimum absolute atomic E-state index is 0.105. The first-order chi connectivity index (χ1) is 11.1. The van der Waals surface area contributed by atoms with E-state index >= 15 is 0 Å². The minimum atomic E-state index is -0.465. The first kappa shape index (κ1) is 19.2. The number of benzene rings is 1. The summed E-state index contributed by atoms with van der Waals surface area (Å²) in [5.41, 5.74) is 0.558. The maximum Gasteiger partial charge on any atom is 0.339 e. The third-order valence-corrected chi connectivity index (χ3v) is 3.71. The molecule has 0 N–H and O–H groups in total. The number of carbonyl (C=O) groups excluding carboxylic acids is 2. The van der Waals surface area contributed by atoms with E-state index < -0.39 is 11.9 Å². The fourth-order valence-electron chi connectivity index (χ4n) is 2.22. The van der Waals surface area contributed by atoms with Gasteiger partial charge in [-0.25, -0.2) is 9.59 Å². The van der Waals surface area contributed by atoms with Crippen LogP contribution in [0.15, 0.2) is 24.3 Å². The lowest BCUT2D eigenvalue weighted by Crippen LogP contribution is -2.20. The fraction of sp³-hybridized carbons (Fsp3) is 0.579. The van der Waals surface area contributed by atoms with Crippen molar-refractivity contribution < 1.29 is 19.1 Å². The Morgan fingerprint density at radius 1 is 0.957 bits per heavy atom. The Bertz CT molecular complexity index is 496. The predicted molar refractivity (Wildman–Crippen MR) is 90.7 cm³/mol. The van der Waals surface area contributed by atoms with Crippen molar-refractivity contribution >= 4 is 11.9 Å². The van der Waals surface area contributed by atoms with Gasteiger partial charge >= 0.3 is 11.9 Å². The Balaban J connectivity index is 2.78. The van der Waals surface area contributed by atoms with Crippen LogP contribution in [0, 0.1) is 0 Å². The Labute approximate surface area is 139 Å². The van der Waals surface area contributed by atoms with Gasteiger partial charge < -0.3 is 9.47 Å². The molecule has 0 aliphatic carbocycles. The monoisotopic (exact) mass is 320 g/mol. The summed E-state index contributed by atoms with van der Waals surface area (Å²) in [5, 5.41) is 0. The van der Waals surface area contributed by atoms with Crippen molar-refractivity contribution in [3.8, 4) is 0 Å². The van der Waals surface area contributed by atoms with E-state index in [9.17, 15) is 9.59 Å². The Hall–Kier alpha value is -1.84. The molecular formula is C19H28O4. The van der Waals surface area contributed by atoms with E-state index in [-0.39, 0.29) is 17.2 Å². The SMILES string of the molecule is CCCCOC(=O)c1ccccc1C(=O)OC(CC)CCCC. The second kappa shape index (κ2) is 10.8. The normalized spacial score (nSPS) is 11.8. The summed E-state index contributed by atoms with van der Waals surface area (Å²) in [6.45, 7) is 6.50. The molecule has 0 heterocycles. The third-order valence-electron chi connectivity index (χ3n) is 3.71. The maximum absolute atomic E-state index is 12.4. The van der Waals surface area contributed by atoms with Crippen molar-refractivity contribution in [2.24, 2.45) is 0 Å². The Morgan fingerprint density at radius 2 is 1.57 bits per heavy atom. The largest absolute Gasteiger partial charge is 0.462 e. The van der Waals surface area contributed by atoms with Crippen LogP contribution in [0.3, 0.4) is 0 Å². The van der Waals surface area contributed by atoms with Gasteiger partial charge in [-0.05, 0) is 31.4 Å². The highest BCUT2D eigenvalue weighted by molar-refractivity contribution is 6.03. The van der Waals surface area contributed by atoms with Gasteiger partial charge in [0.15, 0.2) is 0 Å². The second-order valence-electron chi connectivity index (χ2n) is 5.61. The van der Waals surface area contributed by atoms with Gasteiger partial charge in [-0.15, -0.1) is 0 Å². The Kier molecular flexibility index (Phi) is 9.03. The maximum atomic E-state index is 12.4. The molecule has 4 heteroatoms. The number of carbonyl (C=O) groups is 2. The van der Waals surface area contributed by atoms with Gasteiger partial charge in [0, 0.05) is 0 Å². The predicted octanol–water partition coefficient (Wildman–Crippen LogP) is 4.77. The smallest absolute Gasteiger partial charge is 0.339 e. The highest BCUT2D eigenvalue weighted by atomic mass is 16.5. The standard InChI is InChI=1S/C19H28O4/c1-4-7-11-15(6-3)23-19(21)17-13-10-9-12-16(17)18(20)22-14-8-5-2/h9-10,12-13,15H,4-8,11,14H2,1-3H3. The number of rotatable bonds is 10. The van der Waals surface area contributed by atoms with E-state index in [4.69, 9.17) is 9.47 Å². The van der Waals surface area contributed by atoms with Crippen LogP contribution in [0.2, 0.25) is 0 Å². The van der Waals surface area contributed by atoms with E-state index in [1.807, 2.05) is 13.8 Å². The highest BCUT2D eigenvalue weighted by Crippen LogP contribution is 2.16. The van der Waals surface area contributed by atoms with Gasteiger partial charge in [0.2, 0.25) is 0 Å². The summed E-state index contributed by atoms with van der Waals surface area (Å²) < 4.78 is 10.8. The first-order valence-electron chi connectivity index (χ1n) is 8.61. The van der Waals surface area contributed by atoms with Gasteiger partial charge in [-0.3, -0.25) is 0 Å². The van der Waals surface area contributed by atoms with E-state index in [0.717, 1.165) is 38.5 Å². The van der Waals surface area contributed by atoms with E-state index in [2.05, 4.69) is 6.92 Å². The minimum Gasteiger partial charge on any atom is -0.462 e. The molecule has 1 unspecified atom stereocenters. The second-order valence-corrected chi connectivity index (χ2v) is 5.61.